The molecule has 0 aliphatic carbocycles. The minimum Gasteiger partial charge on any atom is -0.507 e. The first-order chi connectivity index (χ1) is 11.6. The first kappa shape index (κ1) is 15.7. The molecule has 6 nitrogen and oxygen atoms in total. The van der Waals surface area contributed by atoms with Crippen LogP contribution in [0.2, 0.25) is 0 Å². The fourth-order valence-electron chi connectivity index (χ4n) is 2.49. The van der Waals surface area contributed by atoms with Crippen LogP contribution in [0.3, 0.4) is 0 Å². The van der Waals surface area contributed by atoms with Crippen LogP contribution in [0.4, 0.5) is 0 Å². The van der Waals surface area contributed by atoms with Crippen LogP contribution in [0.25, 0.3) is 22.3 Å². The van der Waals surface area contributed by atoms with E-state index >= 15 is 0 Å². The van der Waals surface area contributed by atoms with Gasteiger partial charge in [0.1, 0.15) is 28.2 Å². The summed E-state index contributed by atoms with van der Waals surface area (Å²) in [7, 11) is 4.42. The lowest BCUT2D eigenvalue weighted by Crippen LogP contribution is -2.08. The lowest BCUT2D eigenvalue weighted by Gasteiger charge is -2.11. The minimum atomic E-state index is -0.454. The monoisotopic (exact) mass is 328 g/mol. The van der Waals surface area contributed by atoms with Gasteiger partial charge in [-0.15, -0.1) is 0 Å². The van der Waals surface area contributed by atoms with E-state index in [1.165, 1.54) is 20.3 Å². The van der Waals surface area contributed by atoms with Crippen LogP contribution >= 0.6 is 0 Å². The number of fused-ring (bicyclic) bond motifs is 1. The summed E-state index contributed by atoms with van der Waals surface area (Å²) in [6, 6.07) is 9.91. The summed E-state index contributed by atoms with van der Waals surface area (Å²) in [5.41, 5.74) is 0.405. The molecule has 0 fully saturated rings. The van der Waals surface area contributed by atoms with Gasteiger partial charge in [0.05, 0.1) is 21.3 Å². The Labute approximate surface area is 137 Å². The molecular weight excluding hydrogens is 312 g/mol. The molecule has 0 aliphatic heterocycles. The molecule has 0 bridgehead atoms. The van der Waals surface area contributed by atoms with Crippen LogP contribution in [0.1, 0.15) is 0 Å². The molecule has 0 atom stereocenters. The van der Waals surface area contributed by atoms with Gasteiger partial charge in [0.15, 0.2) is 5.76 Å². The Morgan fingerprint density at radius 2 is 1.58 bits per heavy atom. The van der Waals surface area contributed by atoms with Crippen molar-refractivity contribution in [1.29, 1.82) is 0 Å². The van der Waals surface area contributed by atoms with E-state index in [4.69, 9.17) is 18.6 Å². The number of aromatic hydroxyl groups is 1. The number of rotatable bonds is 4. The summed E-state index contributed by atoms with van der Waals surface area (Å²) in [4.78, 5) is 12.7. The van der Waals surface area contributed by atoms with Crippen molar-refractivity contribution in [3.05, 3.63) is 46.6 Å². The van der Waals surface area contributed by atoms with Crippen LogP contribution in [0.5, 0.6) is 23.0 Å². The number of benzene rings is 2. The largest absolute Gasteiger partial charge is 0.507 e. The van der Waals surface area contributed by atoms with Crippen LogP contribution in [-0.2, 0) is 0 Å². The lowest BCUT2D eigenvalue weighted by molar-refractivity contribution is 0.394. The topological polar surface area (TPSA) is 78.1 Å². The zero-order valence-electron chi connectivity index (χ0n) is 13.5. The maximum atomic E-state index is 12.7. The van der Waals surface area contributed by atoms with Crippen LogP contribution in [0, 0.1) is 0 Å². The van der Waals surface area contributed by atoms with E-state index in [1.807, 2.05) is 0 Å². The molecule has 0 saturated carbocycles. The molecule has 0 amide bonds. The molecule has 0 aliphatic rings. The number of hydrogen-bond donors (Lipinski definition) is 1. The van der Waals surface area contributed by atoms with E-state index in [0.717, 1.165) is 0 Å². The zero-order valence-corrected chi connectivity index (χ0v) is 13.5. The predicted molar refractivity (Wildman–Crippen MR) is 89.2 cm³/mol. The molecule has 0 unspecified atom stereocenters. The third-order valence-corrected chi connectivity index (χ3v) is 3.70. The van der Waals surface area contributed by atoms with Crippen molar-refractivity contribution in [3.8, 4) is 34.3 Å². The number of methoxy groups -OCH3 is 3. The second-order valence-corrected chi connectivity index (χ2v) is 5.04. The highest BCUT2D eigenvalue weighted by molar-refractivity contribution is 5.88. The zero-order chi connectivity index (χ0) is 17.3. The van der Waals surface area contributed by atoms with Crippen LogP contribution < -0.4 is 19.6 Å². The standard InChI is InChI=1S/C18H16O6/c1-21-11-6-4-10(5-7-11)17-18(23-3)16(20)15-13(19)8-12(22-2)9-14(15)24-17/h4-9,19H,1-3H3. The van der Waals surface area contributed by atoms with Gasteiger partial charge in [0, 0.05) is 17.7 Å². The molecule has 24 heavy (non-hydrogen) atoms. The molecule has 2 aromatic carbocycles. The third-order valence-electron chi connectivity index (χ3n) is 3.70. The number of phenolic OH excluding ortho intramolecular Hbond substituents is 1. The van der Waals surface area contributed by atoms with Crippen molar-refractivity contribution in [2.75, 3.05) is 21.3 Å². The van der Waals surface area contributed by atoms with E-state index < -0.39 is 5.43 Å². The molecule has 3 rings (SSSR count). The van der Waals surface area contributed by atoms with Gasteiger partial charge >= 0.3 is 0 Å². The normalized spacial score (nSPS) is 10.6. The van der Waals surface area contributed by atoms with Crippen molar-refractivity contribution in [1.82, 2.24) is 0 Å². The van der Waals surface area contributed by atoms with Gasteiger partial charge in [-0.2, -0.15) is 0 Å². The Balaban J connectivity index is 2.32. The van der Waals surface area contributed by atoms with Gasteiger partial charge in [0.2, 0.25) is 11.2 Å². The molecule has 124 valence electrons. The highest BCUT2D eigenvalue weighted by Crippen LogP contribution is 2.36. The fourth-order valence-corrected chi connectivity index (χ4v) is 2.49. The van der Waals surface area contributed by atoms with E-state index in [2.05, 4.69) is 0 Å². The Morgan fingerprint density at radius 3 is 2.17 bits per heavy atom. The first-order valence-electron chi connectivity index (χ1n) is 7.15. The summed E-state index contributed by atoms with van der Waals surface area (Å²) in [6.07, 6.45) is 0. The van der Waals surface area contributed by atoms with Crippen molar-refractivity contribution >= 4 is 11.0 Å². The molecule has 6 heteroatoms. The van der Waals surface area contributed by atoms with E-state index in [0.29, 0.717) is 17.1 Å². The number of phenols is 1. The Morgan fingerprint density at radius 1 is 0.917 bits per heavy atom. The second-order valence-electron chi connectivity index (χ2n) is 5.04. The minimum absolute atomic E-state index is 0.0214. The summed E-state index contributed by atoms with van der Waals surface area (Å²) in [6.45, 7) is 0. The van der Waals surface area contributed by atoms with Crippen LogP contribution in [0.15, 0.2) is 45.6 Å². The quantitative estimate of drug-likeness (QED) is 0.792. The van der Waals surface area contributed by atoms with Crippen molar-refractivity contribution < 1.29 is 23.7 Å². The molecule has 1 aromatic heterocycles. The van der Waals surface area contributed by atoms with Gasteiger partial charge in [0.25, 0.3) is 0 Å². The van der Waals surface area contributed by atoms with E-state index in [-0.39, 0.29) is 28.2 Å². The summed E-state index contributed by atoms with van der Waals surface area (Å²) in [5.74, 6) is 1.13. The van der Waals surface area contributed by atoms with Crippen molar-refractivity contribution in [2.24, 2.45) is 0 Å². The fraction of sp³-hybridized carbons (Fsp3) is 0.167. The van der Waals surface area contributed by atoms with E-state index in [1.54, 1.807) is 37.4 Å². The Bertz CT molecular complexity index is 940. The van der Waals surface area contributed by atoms with Gasteiger partial charge < -0.3 is 23.7 Å². The molecule has 1 heterocycles. The average Bonchev–Trinajstić information content (AvgIpc) is 2.61. The molecular formula is C18H16O6. The van der Waals surface area contributed by atoms with Gasteiger partial charge in [-0.1, -0.05) is 0 Å². The maximum Gasteiger partial charge on any atom is 0.239 e. The highest BCUT2D eigenvalue weighted by atomic mass is 16.5. The predicted octanol–water partition coefficient (Wildman–Crippen LogP) is 3.19. The van der Waals surface area contributed by atoms with Crippen molar-refractivity contribution in [3.63, 3.8) is 0 Å². The molecule has 1 N–H and O–H groups in total. The number of ether oxygens (including phenoxy) is 3. The Hall–Kier alpha value is -3.15. The van der Waals surface area contributed by atoms with Gasteiger partial charge in [-0.3, -0.25) is 4.79 Å². The van der Waals surface area contributed by atoms with Gasteiger partial charge in [-0.25, -0.2) is 0 Å². The summed E-state index contributed by atoms with van der Waals surface area (Å²) < 4.78 is 21.3. The second kappa shape index (κ2) is 6.16. The van der Waals surface area contributed by atoms with E-state index in [9.17, 15) is 9.90 Å². The summed E-state index contributed by atoms with van der Waals surface area (Å²) in [5, 5.41) is 10.1. The van der Waals surface area contributed by atoms with Crippen LogP contribution in [-0.4, -0.2) is 26.4 Å². The van der Waals surface area contributed by atoms with Crippen molar-refractivity contribution in [2.45, 2.75) is 0 Å². The molecule has 0 spiro atoms. The first-order valence-corrected chi connectivity index (χ1v) is 7.15. The maximum absolute atomic E-state index is 12.7. The van der Waals surface area contributed by atoms with Gasteiger partial charge in [-0.05, 0) is 24.3 Å². The smallest absolute Gasteiger partial charge is 0.239 e. The molecule has 0 radical (unpaired) electrons. The average molecular weight is 328 g/mol. The third kappa shape index (κ3) is 2.52. The number of hydrogen-bond acceptors (Lipinski definition) is 6. The highest BCUT2D eigenvalue weighted by Gasteiger charge is 2.20. The SMILES string of the molecule is COc1ccc(-c2oc3cc(OC)cc(O)c3c(=O)c2OC)cc1. The molecule has 3 aromatic rings. The Kier molecular flexibility index (Phi) is 4.04. The molecule has 0 saturated heterocycles. The lowest BCUT2D eigenvalue weighted by atomic mass is 10.1. The summed E-state index contributed by atoms with van der Waals surface area (Å²) >= 11 is 0.